The van der Waals surface area contributed by atoms with Gasteiger partial charge in [0.25, 0.3) is 0 Å². The number of carbonyl (C=O) groups is 1. The second-order valence-electron chi connectivity index (χ2n) is 8.09. The quantitative estimate of drug-likeness (QED) is 0.843. The molecule has 27 heavy (non-hydrogen) atoms. The summed E-state index contributed by atoms with van der Waals surface area (Å²) in [6, 6.07) is 14.8. The van der Waals surface area contributed by atoms with Gasteiger partial charge >= 0.3 is 6.03 Å². The van der Waals surface area contributed by atoms with Gasteiger partial charge in [-0.15, -0.1) is 0 Å². The SMILES string of the molecule is Cc1cc(C)cc([C@H](C)NC(=O)N2CC3(CCOCC3)c3ccccc32)c1. The molecule has 0 saturated carbocycles. The molecular weight excluding hydrogens is 336 g/mol. The Bertz CT molecular complexity index is 835. The Morgan fingerprint density at radius 2 is 1.78 bits per heavy atom. The highest BCUT2D eigenvalue weighted by Gasteiger charge is 2.45. The molecule has 2 aliphatic heterocycles. The first-order valence-electron chi connectivity index (χ1n) is 9.82. The summed E-state index contributed by atoms with van der Waals surface area (Å²) in [4.78, 5) is 15.1. The van der Waals surface area contributed by atoms with E-state index in [0.717, 1.165) is 43.9 Å². The van der Waals surface area contributed by atoms with Crippen LogP contribution in [0.15, 0.2) is 42.5 Å². The summed E-state index contributed by atoms with van der Waals surface area (Å²) >= 11 is 0. The summed E-state index contributed by atoms with van der Waals surface area (Å²) in [5.74, 6) is 0. The average Bonchev–Trinajstić information content (AvgIpc) is 2.96. The number of aryl methyl sites for hydroxylation is 2. The summed E-state index contributed by atoms with van der Waals surface area (Å²) in [6.07, 6.45) is 1.95. The molecule has 0 radical (unpaired) electrons. The van der Waals surface area contributed by atoms with E-state index in [9.17, 15) is 4.79 Å². The van der Waals surface area contributed by atoms with E-state index >= 15 is 0 Å². The van der Waals surface area contributed by atoms with E-state index in [0.29, 0.717) is 0 Å². The molecular formula is C23H28N2O2. The van der Waals surface area contributed by atoms with E-state index in [1.807, 2.05) is 11.0 Å². The summed E-state index contributed by atoms with van der Waals surface area (Å²) in [5.41, 5.74) is 5.97. The molecule has 4 rings (SSSR count). The number of anilines is 1. The van der Waals surface area contributed by atoms with Crippen molar-refractivity contribution in [2.75, 3.05) is 24.7 Å². The molecule has 4 nitrogen and oxygen atoms in total. The standard InChI is InChI=1S/C23H28N2O2/c1-16-12-17(2)14-19(13-16)18(3)24-22(26)25-15-23(8-10-27-11-9-23)20-6-4-5-7-21(20)25/h4-7,12-14,18H,8-11,15H2,1-3H3,(H,24,26)/t18-/m0/s1. The molecule has 4 heteroatoms. The second-order valence-corrected chi connectivity index (χ2v) is 8.09. The third-order valence-corrected chi connectivity index (χ3v) is 6.01. The first-order valence-corrected chi connectivity index (χ1v) is 9.82. The number of para-hydroxylation sites is 1. The molecule has 2 amide bonds. The van der Waals surface area contributed by atoms with Gasteiger partial charge in [0.15, 0.2) is 0 Å². The summed E-state index contributed by atoms with van der Waals surface area (Å²) in [7, 11) is 0. The Labute approximate surface area is 161 Å². The number of hydrogen-bond acceptors (Lipinski definition) is 2. The normalized spacial score (nSPS) is 19.0. The number of carbonyl (C=O) groups excluding carboxylic acids is 1. The van der Waals surface area contributed by atoms with Gasteiger partial charge in [0, 0.05) is 30.9 Å². The Hall–Kier alpha value is -2.33. The number of nitrogens with zero attached hydrogens (tertiary/aromatic N) is 1. The monoisotopic (exact) mass is 364 g/mol. The number of nitrogens with one attached hydrogen (secondary N) is 1. The van der Waals surface area contributed by atoms with Crippen molar-refractivity contribution in [3.63, 3.8) is 0 Å². The molecule has 0 aromatic heterocycles. The van der Waals surface area contributed by atoms with Crippen molar-refractivity contribution in [2.24, 2.45) is 0 Å². The van der Waals surface area contributed by atoms with Crippen molar-refractivity contribution < 1.29 is 9.53 Å². The van der Waals surface area contributed by atoms with Crippen LogP contribution in [0.25, 0.3) is 0 Å². The molecule has 2 aromatic rings. The largest absolute Gasteiger partial charge is 0.381 e. The van der Waals surface area contributed by atoms with Gasteiger partial charge in [0.05, 0.1) is 6.04 Å². The molecule has 142 valence electrons. The molecule has 0 bridgehead atoms. The molecule has 1 fully saturated rings. The molecule has 2 heterocycles. The van der Waals surface area contributed by atoms with Gasteiger partial charge in [-0.05, 0) is 50.8 Å². The minimum absolute atomic E-state index is 0.0162. The first kappa shape index (κ1) is 18.1. The molecule has 1 atom stereocenters. The molecule has 1 spiro atoms. The van der Waals surface area contributed by atoms with E-state index in [-0.39, 0.29) is 17.5 Å². The number of ether oxygens (including phenoxy) is 1. The Balaban J connectivity index is 1.57. The van der Waals surface area contributed by atoms with E-state index in [1.165, 1.54) is 16.7 Å². The zero-order valence-electron chi connectivity index (χ0n) is 16.4. The molecule has 1 N–H and O–H groups in total. The topological polar surface area (TPSA) is 41.6 Å². The fraction of sp³-hybridized carbons (Fsp3) is 0.435. The number of fused-ring (bicyclic) bond motifs is 2. The minimum atomic E-state index is -0.0329. The van der Waals surface area contributed by atoms with E-state index in [2.05, 4.69) is 62.5 Å². The van der Waals surface area contributed by atoms with E-state index < -0.39 is 0 Å². The van der Waals surface area contributed by atoms with Crippen molar-refractivity contribution in [1.82, 2.24) is 5.32 Å². The zero-order chi connectivity index (χ0) is 19.0. The number of benzene rings is 2. The Morgan fingerprint density at radius 3 is 2.48 bits per heavy atom. The highest BCUT2D eigenvalue weighted by Crippen LogP contribution is 2.46. The highest BCUT2D eigenvalue weighted by atomic mass is 16.5. The van der Waals surface area contributed by atoms with Crippen LogP contribution in [0.1, 0.15) is 48.1 Å². The molecule has 1 saturated heterocycles. The van der Waals surface area contributed by atoms with Crippen LogP contribution in [0.2, 0.25) is 0 Å². The van der Waals surface area contributed by atoms with Crippen LogP contribution in [-0.4, -0.2) is 25.8 Å². The van der Waals surface area contributed by atoms with Crippen molar-refractivity contribution in [1.29, 1.82) is 0 Å². The van der Waals surface area contributed by atoms with Crippen molar-refractivity contribution in [3.8, 4) is 0 Å². The van der Waals surface area contributed by atoms with E-state index in [1.54, 1.807) is 0 Å². The van der Waals surface area contributed by atoms with Crippen LogP contribution in [0, 0.1) is 13.8 Å². The lowest BCUT2D eigenvalue weighted by molar-refractivity contribution is 0.0556. The summed E-state index contributed by atoms with van der Waals surface area (Å²) < 4.78 is 5.59. The van der Waals surface area contributed by atoms with Crippen molar-refractivity contribution in [2.45, 2.75) is 45.1 Å². The van der Waals surface area contributed by atoms with Gasteiger partial charge in [0.1, 0.15) is 0 Å². The predicted molar refractivity (Wildman–Crippen MR) is 108 cm³/mol. The Morgan fingerprint density at radius 1 is 1.11 bits per heavy atom. The van der Waals surface area contributed by atoms with Gasteiger partial charge in [-0.1, -0.05) is 47.5 Å². The van der Waals surface area contributed by atoms with Crippen molar-refractivity contribution in [3.05, 3.63) is 64.7 Å². The lowest BCUT2D eigenvalue weighted by atomic mass is 9.76. The summed E-state index contributed by atoms with van der Waals surface area (Å²) in [6.45, 7) is 8.51. The fourth-order valence-electron chi connectivity index (χ4n) is 4.61. The summed E-state index contributed by atoms with van der Waals surface area (Å²) in [5, 5.41) is 3.21. The van der Waals surface area contributed by atoms with Gasteiger partial charge in [-0.2, -0.15) is 0 Å². The number of amides is 2. The number of hydrogen-bond donors (Lipinski definition) is 1. The van der Waals surface area contributed by atoms with Crippen LogP contribution in [-0.2, 0) is 10.2 Å². The van der Waals surface area contributed by atoms with Crippen molar-refractivity contribution >= 4 is 11.7 Å². The van der Waals surface area contributed by atoms with E-state index in [4.69, 9.17) is 4.74 Å². The third-order valence-electron chi connectivity index (χ3n) is 6.01. The van der Waals surface area contributed by atoms with Crippen LogP contribution >= 0.6 is 0 Å². The van der Waals surface area contributed by atoms with Gasteiger partial charge in [0.2, 0.25) is 0 Å². The zero-order valence-corrected chi connectivity index (χ0v) is 16.4. The van der Waals surface area contributed by atoms with Crippen LogP contribution < -0.4 is 10.2 Å². The van der Waals surface area contributed by atoms with Crippen LogP contribution in [0.5, 0.6) is 0 Å². The molecule has 2 aliphatic rings. The van der Waals surface area contributed by atoms with Crippen LogP contribution in [0.3, 0.4) is 0 Å². The van der Waals surface area contributed by atoms with Gasteiger partial charge < -0.3 is 10.1 Å². The lowest BCUT2D eigenvalue weighted by Crippen LogP contribution is -2.45. The third kappa shape index (κ3) is 3.34. The predicted octanol–water partition coefficient (Wildman–Crippen LogP) is 4.64. The maximum atomic E-state index is 13.2. The number of urea groups is 1. The average molecular weight is 364 g/mol. The number of rotatable bonds is 2. The maximum Gasteiger partial charge on any atom is 0.322 e. The molecule has 0 aliphatic carbocycles. The minimum Gasteiger partial charge on any atom is -0.381 e. The van der Waals surface area contributed by atoms with Crippen LogP contribution in [0.4, 0.5) is 10.5 Å². The lowest BCUT2D eigenvalue weighted by Gasteiger charge is -2.34. The highest BCUT2D eigenvalue weighted by molar-refractivity contribution is 5.95. The molecule has 2 aromatic carbocycles. The molecule has 0 unspecified atom stereocenters. The first-order chi connectivity index (χ1) is 13.0. The fourth-order valence-corrected chi connectivity index (χ4v) is 4.61. The smallest absolute Gasteiger partial charge is 0.322 e. The Kier molecular flexibility index (Phi) is 4.68. The maximum absolute atomic E-state index is 13.2. The second kappa shape index (κ2) is 7.01. The van der Waals surface area contributed by atoms with Gasteiger partial charge in [-0.25, -0.2) is 4.79 Å². The van der Waals surface area contributed by atoms with Gasteiger partial charge in [-0.3, -0.25) is 4.90 Å².